The van der Waals surface area contributed by atoms with Gasteiger partial charge in [-0.1, -0.05) is 28.1 Å². The van der Waals surface area contributed by atoms with Gasteiger partial charge < -0.3 is 0 Å². The van der Waals surface area contributed by atoms with Crippen LogP contribution in [0.4, 0.5) is 0 Å². The molecule has 0 unspecified atom stereocenters. The van der Waals surface area contributed by atoms with Gasteiger partial charge in [-0.15, -0.1) is 0 Å². The lowest BCUT2D eigenvalue weighted by molar-refractivity contribution is 0.786. The number of benzene rings is 1. The third-order valence-corrected chi connectivity index (χ3v) is 3.39. The van der Waals surface area contributed by atoms with Crippen LogP contribution in [0.3, 0.4) is 0 Å². The Kier molecular flexibility index (Phi) is 3.24. The zero-order valence-corrected chi connectivity index (χ0v) is 9.71. The molecule has 1 radical (unpaired) electrons. The molecule has 0 saturated carbocycles. The molecule has 0 N–H and O–H groups in total. The summed E-state index contributed by atoms with van der Waals surface area (Å²) in [4.78, 5) is 0. The zero-order chi connectivity index (χ0) is 9.19. The lowest BCUT2D eigenvalue weighted by Crippen LogP contribution is -2.09. The molecule has 0 fully saturated rings. The maximum absolute atomic E-state index is 3.86. The Bertz CT molecular complexity index is 251. The van der Waals surface area contributed by atoms with Gasteiger partial charge in [0.2, 0.25) is 0 Å². The monoisotopic (exact) mass is 243 g/mol. The molecular weight excluding hydrogens is 232 g/mol. The van der Waals surface area contributed by atoms with E-state index in [0.29, 0.717) is 0 Å². The molecule has 0 amide bonds. The van der Waals surface area contributed by atoms with E-state index >= 15 is 0 Å². The van der Waals surface area contributed by atoms with Crippen molar-refractivity contribution in [3.05, 3.63) is 40.6 Å². The average molecular weight is 244 g/mol. The molecule has 0 aliphatic carbocycles. The van der Waals surface area contributed by atoms with E-state index in [-0.39, 0.29) is 4.75 Å². The molecular formula is C10H12BrS. The molecule has 12 heavy (non-hydrogen) atoms. The van der Waals surface area contributed by atoms with E-state index in [1.165, 1.54) is 5.56 Å². The van der Waals surface area contributed by atoms with E-state index in [9.17, 15) is 0 Å². The summed E-state index contributed by atoms with van der Waals surface area (Å²) >= 11 is 5.03. The van der Waals surface area contributed by atoms with Crippen LogP contribution in [0.2, 0.25) is 0 Å². The molecule has 0 heterocycles. The van der Waals surface area contributed by atoms with Crippen molar-refractivity contribution in [3.63, 3.8) is 0 Å². The summed E-state index contributed by atoms with van der Waals surface area (Å²) < 4.78 is 1.23. The highest BCUT2D eigenvalue weighted by Gasteiger charge is 2.17. The van der Waals surface area contributed by atoms with Crippen LogP contribution in [-0.2, 0) is 4.75 Å². The highest BCUT2D eigenvalue weighted by atomic mass is 79.9. The third kappa shape index (κ3) is 2.27. The molecule has 1 aromatic carbocycles. The van der Waals surface area contributed by atoms with Crippen LogP contribution in [0.5, 0.6) is 0 Å². The summed E-state index contributed by atoms with van der Waals surface area (Å²) in [5, 5.41) is 0. The summed E-state index contributed by atoms with van der Waals surface area (Å²) in [5.41, 5.74) is 1.31. The lowest BCUT2D eigenvalue weighted by Gasteiger charge is -2.22. The smallest absolute Gasteiger partial charge is 0.0352 e. The van der Waals surface area contributed by atoms with E-state index in [4.69, 9.17) is 0 Å². The topological polar surface area (TPSA) is 0 Å². The number of thioether (sulfide) groups is 1. The van der Waals surface area contributed by atoms with Crippen LogP contribution in [0.1, 0.15) is 19.4 Å². The van der Waals surface area contributed by atoms with Gasteiger partial charge in [0, 0.05) is 15.5 Å². The Morgan fingerprint density at radius 3 is 2.17 bits per heavy atom. The molecule has 0 aromatic heterocycles. The van der Waals surface area contributed by atoms with Crippen molar-refractivity contribution in [2.24, 2.45) is 0 Å². The van der Waals surface area contributed by atoms with Gasteiger partial charge in [-0.05, 0) is 31.5 Å². The third-order valence-electron chi connectivity index (χ3n) is 1.90. The maximum Gasteiger partial charge on any atom is 0.0352 e. The molecule has 0 saturated heterocycles. The predicted octanol–water partition coefficient (Wildman–Crippen LogP) is 4.21. The molecule has 0 spiro atoms. The summed E-state index contributed by atoms with van der Waals surface area (Å²) in [6, 6.07) is 8.38. The first-order chi connectivity index (χ1) is 5.56. The molecule has 0 atom stereocenters. The Morgan fingerprint density at radius 1 is 1.25 bits per heavy atom. The Morgan fingerprint density at radius 2 is 1.75 bits per heavy atom. The predicted molar refractivity (Wildman–Crippen MR) is 60.1 cm³/mol. The van der Waals surface area contributed by atoms with Crippen LogP contribution in [0, 0.1) is 6.26 Å². The fourth-order valence-electron chi connectivity index (χ4n) is 0.935. The van der Waals surface area contributed by atoms with Gasteiger partial charge in [0.05, 0.1) is 0 Å². The van der Waals surface area contributed by atoms with Crippen LogP contribution < -0.4 is 0 Å². The summed E-state index contributed by atoms with van der Waals surface area (Å²) in [6.07, 6.45) is 3.86. The second-order valence-electron chi connectivity index (χ2n) is 3.16. The first kappa shape index (κ1) is 10.1. The van der Waals surface area contributed by atoms with Crippen LogP contribution in [-0.4, -0.2) is 0 Å². The Hall–Kier alpha value is 0.0500. The summed E-state index contributed by atoms with van der Waals surface area (Å²) in [6.45, 7) is 4.35. The fourth-order valence-corrected chi connectivity index (χ4v) is 1.50. The molecule has 0 aliphatic rings. The quantitative estimate of drug-likeness (QED) is 0.750. The molecule has 0 bridgehead atoms. The molecule has 1 rings (SSSR count). The second-order valence-corrected chi connectivity index (χ2v) is 5.39. The SMILES string of the molecule is [CH2]SC(C)(C)c1ccc(Br)cc1. The summed E-state index contributed by atoms with van der Waals surface area (Å²) in [5.74, 6) is 0. The summed E-state index contributed by atoms with van der Waals surface area (Å²) in [7, 11) is 0. The van der Waals surface area contributed by atoms with Gasteiger partial charge in [-0.3, -0.25) is 0 Å². The molecule has 0 nitrogen and oxygen atoms in total. The van der Waals surface area contributed by atoms with E-state index in [1.807, 2.05) is 0 Å². The van der Waals surface area contributed by atoms with E-state index in [2.05, 4.69) is 60.3 Å². The minimum Gasteiger partial charge on any atom is -0.150 e. The normalized spacial score (nSPS) is 11.7. The van der Waals surface area contributed by atoms with E-state index in [1.54, 1.807) is 11.8 Å². The van der Waals surface area contributed by atoms with Crippen LogP contribution in [0.25, 0.3) is 0 Å². The van der Waals surface area contributed by atoms with Crippen molar-refractivity contribution in [2.75, 3.05) is 0 Å². The average Bonchev–Trinajstić information content (AvgIpc) is 2.05. The lowest BCUT2D eigenvalue weighted by atomic mass is 10.0. The zero-order valence-electron chi connectivity index (χ0n) is 7.30. The fraction of sp³-hybridized carbons (Fsp3) is 0.300. The standard InChI is InChI=1S/C10H12BrS/c1-10(2,12-3)8-4-6-9(11)7-5-8/h4-7H,3H2,1-2H3. The molecule has 0 aliphatic heterocycles. The molecule has 65 valence electrons. The largest absolute Gasteiger partial charge is 0.150 e. The first-order valence-electron chi connectivity index (χ1n) is 3.75. The highest BCUT2D eigenvalue weighted by molar-refractivity contribution is 9.10. The van der Waals surface area contributed by atoms with Crippen molar-refractivity contribution >= 4 is 27.7 Å². The van der Waals surface area contributed by atoms with Crippen molar-refractivity contribution < 1.29 is 0 Å². The van der Waals surface area contributed by atoms with Gasteiger partial charge in [0.15, 0.2) is 0 Å². The number of halogens is 1. The number of rotatable bonds is 2. The van der Waals surface area contributed by atoms with Crippen LogP contribution >= 0.6 is 27.7 Å². The maximum atomic E-state index is 3.86. The van der Waals surface area contributed by atoms with Crippen molar-refractivity contribution in [1.82, 2.24) is 0 Å². The number of hydrogen-bond acceptors (Lipinski definition) is 1. The van der Waals surface area contributed by atoms with Crippen molar-refractivity contribution in [2.45, 2.75) is 18.6 Å². The number of hydrogen-bond donors (Lipinski definition) is 0. The molecule has 1 aromatic rings. The highest BCUT2D eigenvalue weighted by Crippen LogP contribution is 2.34. The van der Waals surface area contributed by atoms with Gasteiger partial charge in [-0.25, -0.2) is 0 Å². The van der Waals surface area contributed by atoms with E-state index in [0.717, 1.165) is 4.47 Å². The Balaban J connectivity index is 2.96. The minimum absolute atomic E-state index is 0.112. The van der Waals surface area contributed by atoms with Gasteiger partial charge in [-0.2, -0.15) is 11.8 Å². The minimum atomic E-state index is 0.112. The van der Waals surface area contributed by atoms with E-state index < -0.39 is 0 Å². The molecule has 2 heteroatoms. The van der Waals surface area contributed by atoms with Gasteiger partial charge >= 0.3 is 0 Å². The Labute approximate surface area is 86.9 Å². The first-order valence-corrected chi connectivity index (χ1v) is 5.53. The second kappa shape index (κ2) is 3.84. The van der Waals surface area contributed by atoms with Crippen molar-refractivity contribution in [1.29, 1.82) is 0 Å². The van der Waals surface area contributed by atoms with Gasteiger partial charge in [0.1, 0.15) is 0 Å². The van der Waals surface area contributed by atoms with Crippen molar-refractivity contribution in [3.8, 4) is 0 Å². The van der Waals surface area contributed by atoms with Crippen LogP contribution in [0.15, 0.2) is 28.7 Å². The van der Waals surface area contributed by atoms with Gasteiger partial charge in [0.25, 0.3) is 0 Å².